The van der Waals surface area contributed by atoms with Crippen molar-refractivity contribution in [2.45, 2.75) is 62.9 Å². The number of amides is 1. The fourth-order valence-corrected chi connectivity index (χ4v) is 5.26. The van der Waals surface area contributed by atoms with Crippen LogP contribution in [0, 0.1) is 0 Å². The highest BCUT2D eigenvalue weighted by molar-refractivity contribution is 5.79. The van der Waals surface area contributed by atoms with E-state index >= 15 is 0 Å². The molecule has 2 aromatic carbocycles. The highest BCUT2D eigenvalue weighted by atomic mass is 16.5. The topological polar surface area (TPSA) is 41.6 Å². The highest BCUT2D eigenvalue weighted by Crippen LogP contribution is 2.43. The first-order valence-corrected chi connectivity index (χ1v) is 11.4. The van der Waals surface area contributed by atoms with E-state index in [0.717, 1.165) is 38.2 Å². The quantitative estimate of drug-likeness (QED) is 0.615. The average molecular weight is 407 g/mol. The van der Waals surface area contributed by atoms with Gasteiger partial charge in [-0.25, -0.2) is 0 Å². The van der Waals surface area contributed by atoms with E-state index in [1.54, 1.807) is 7.11 Å². The number of nitrogens with one attached hydrogen (secondary N) is 1. The van der Waals surface area contributed by atoms with Crippen molar-refractivity contribution in [2.75, 3.05) is 20.2 Å². The first-order valence-electron chi connectivity index (χ1n) is 11.4. The molecule has 0 spiro atoms. The zero-order valence-corrected chi connectivity index (χ0v) is 18.1. The number of methoxy groups -OCH3 is 1. The summed E-state index contributed by atoms with van der Waals surface area (Å²) >= 11 is 0. The highest BCUT2D eigenvalue weighted by Gasteiger charge is 2.41. The van der Waals surface area contributed by atoms with Gasteiger partial charge < -0.3 is 15.0 Å². The van der Waals surface area contributed by atoms with Crippen molar-refractivity contribution >= 4 is 5.91 Å². The van der Waals surface area contributed by atoms with Crippen LogP contribution >= 0.6 is 0 Å². The van der Waals surface area contributed by atoms with Crippen LogP contribution in [-0.4, -0.2) is 37.0 Å². The summed E-state index contributed by atoms with van der Waals surface area (Å²) in [5.74, 6) is 1.23. The average Bonchev–Trinajstić information content (AvgIpc) is 3.41. The molecular formula is C26H34N2O2. The first-order chi connectivity index (χ1) is 14.7. The number of hydrogen-bond donors (Lipinski definition) is 1. The SMILES string of the molecule is COc1ccc(CNCCC2CCC(=O)N2CC2(c3ccccc3)CCCC2)cc1. The predicted octanol–water partition coefficient (Wildman–Crippen LogP) is 4.68. The molecule has 1 atom stereocenters. The van der Waals surface area contributed by atoms with Crippen LogP contribution in [0.25, 0.3) is 0 Å². The minimum absolute atomic E-state index is 0.149. The lowest BCUT2D eigenvalue weighted by atomic mass is 9.78. The maximum atomic E-state index is 12.8. The molecule has 160 valence electrons. The number of carbonyl (C=O) groups is 1. The van der Waals surface area contributed by atoms with E-state index in [9.17, 15) is 4.79 Å². The lowest BCUT2D eigenvalue weighted by Crippen LogP contribution is -2.44. The van der Waals surface area contributed by atoms with Crippen LogP contribution in [0.4, 0.5) is 0 Å². The van der Waals surface area contributed by atoms with Crippen LogP contribution in [0.5, 0.6) is 5.75 Å². The molecule has 1 N–H and O–H groups in total. The lowest BCUT2D eigenvalue weighted by molar-refractivity contribution is -0.129. The molecule has 2 aromatic rings. The van der Waals surface area contributed by atoms with Crippen molar-refractivity contribution in [3.05, 3.63) is 65.7 Å². The Morgan fingerprint density at radius 3 is 2.50 bits per heavy atom. The fourth-order valence-electron chi connectivity index (χ4n) is 5.26. The van der Waals surface area contributed by atoms with E-state index in [0.29, 0.717) is 18.4 Å². The Balaban J connectivity index is 1.34. The normalized spacial score (nSPS) is 20.6. The second kappa shape index (κ2) is 9.65. The Morgan fingerprint density at radius 1 is 1.07 bits per heavy atom. The summed E-state index contributed by atoms with van der Waals surface area (Å²) < 4.78 is 5.22. The molecule has 1 saturated carbocycles. The molecule has 4 nitrogen and oxygen atoms in total. The summed E-state index contributed by atoms with van der Waals surface area (Å²) in [6, 6.07) is 19.4. The third kappa shape index (κ3) is 4.70. The zero-order valence-electron chi connectivity index (χ0n) is 18.1. The molecule has 1 aliphatic carbocycles. The Bertz CT molecular complexity index is 813. The van der Waals surface area contributed by atoms with Crippen molar-refractivity contribution in [1.29, 1.82) is 0 Å². The molecule has 1 amide bonds. The number of rotatable bonds is 9. The van der Waals surface area contributed by atoms with Crippen molar-refractivity contribution in [2.24, 2.45) is 0 Å². The lowest BCUT2D eigenvalue weighted by Gasteiger charge is -2.37. The number of nitrogens with zero attached hydrogens (tertiary/aromatic N) is 1. The molecule has 1 unspecified atom stereocenters. The summed E-state index contributed by atoms with van der Waals surface area (Å²) in [5.41, 5.74) is 2.82. The van der Waals surface area contributed by atoms with Gasteiger partial charge >= 0.3 is 0 Å². The largest absolute Gasteiger partial charge is 0.497 e. The van der Waals surface area contributed by atoms with Gasteiger partial charge in [0.05, 0.1) is 7.11 Å². The smallest absolute Gasteiger partial charge is 0.222 e. The molecule has 4 heteroatoms. The van der Waals surface area contributed by atoms with E-state index in [1.807, 2.05) is 12.1 Å². The van der Waals surface area contributed by atoms with E-state index in [4.69, 9.17) is 4.74 Å². The Kier molecular flexibility index (Phi) is 6.73. The molecule has 0 aromatic heterocycles. The summed E-state index contributed by atoms with van der Waals surface area (Å²) in [6.45, 7) is 2.66. The van der Waals surface area contributed by atoms with Gasteiger partial charge in [0.1, 0.15) is 5.75 Å². The number of benzene rings is 2. The second-order valence-corrected chi connectivity index (χ2v) is 8.88. The van der Waals surface area contributed by atoms with Gasteiger partial charge in [-0.3, -0.25) is 4.79 Å². The van der Waals surface area contributed by atoms with Crippen LogP contribution < -0.4 is 10.1 Å². The maximum Gasteiger partial charge on any atom is 0.222 e. The van der Waals surface area contributed by atoms with Crippen molar-refractivity contribution in [3.8, 4) is 5.75 Å². The van der Waals surface area contributed by atoms with E-state index in [1.165, 1.54) is 36.8 Å². The molecule has 0 bridgehead atoms. The van der Waals surface area contributed by atoms with Gasteiger partial charge in [0.25, 0.3) is 0 Å². The van der Waals surface area contributed by atoms with Gasteiger partial charge in [-0.15, -0.1) is 0 Å². The molecule has 1 heterocycles. The van der Waals surface area contributed by atoms with Crippen LogP contribution in [-0.2, 0) is 16.8 Å². The van der Waals surface area contributed by atoms with Crippen LogP contribution in [0.2, 0.25) is 0 Å². The predicted molar refractivity (Wildman–Crippen MR) is 121 cm³/mol. The number of likely N-dealkylation sites (tertiary alicyclic amines) is 1. The molecule has 2 aliphatic rings. The molecule has 1 aliphatic heterocycles. The first kappa shape index (κ1) is 20.9. The van der Waals surface area contributed by atoms with Crippen LogP contribution in [0.1, 0.15) is 56.1 Å². The zero-order chi connectivity index (χ0) is 20.8. The third-order valence-corrected chi connectivity index (χ3v) is 7.01. The second-order valence-electron chi connectivity index (χ2n) is 8.88. The molecular weight excluding hydrogens is 372 g/mol. The summed E-state index contributed by atoms with van der Waals surface area (Å²) in [5, 5.41) is 3.56. The van der Waals surface area contributed by atoms with E-state index in [2.05, 4.69) is 52.7 Å². The summed E-state index contributed by atoms with van der Waals surface area (Å²) in [6.07, 6.45) is 7.65. The van der Waals surface area contributed by atoms with Crippen molar-refractivity contribution in [3.63, 3.8) is 0 Å². The molecule has 1 saturated heterocycles. The van der Waals surface area contributed by atoms with Crippen molar-refractivity contribution in [1.82, 2.24) is 10.2 Å². The number of carbonyl (C=O) groups excluding carboxylic acids is 1. The minimum Gasteiger partial charge on any atom is -0.497 e. The van der Waals surface area contributed by atoms with Crippen molar-refractivity contribution < 1.29 is 9.53 Å². The Hall–Kier alpha value is -2.33. The van der Waals surface area contributed by atoms with Crippen LogP contribution in [0.3, 0.4) is 0 Å². The summed E-state index contributed by atoms with van der Waals surface area (Å²) in [4.78, 5) is 15.0. The third-order valence-electron chi connectivity index (χ3n) is 7.01. The number of ether oxygens (including phenoxy) is 1. The van der Waals surface area contributed by atoms with Gasteiger partial charge in [0, 0.05) is 31.0 Å². The minimum atomic E-state index is 0.149. The maximum absolute atomic E-state index is 12.8. The number of hydrogen-bond acceptors (Lipinski definition) is 3. The standard InChI is InChI=1S/C26H34N2O2/c1-30-24-12-9-21(10-13-24)19-27-18-15-23-11-14-25(29)28(23)20-26(16-5-6-17-26)22-7-3-2-4-8-22/h2-4,7-10,12-13,23,27H,5-6,11,14-20H2,1H3. The van der Waals surface area contributed by atoms with Gasteiger partial charge in [-0.1, -0.05) is 55.3 Å². The molecule has 30 heavy (non-hydrogen) atoms. The fraction of sp³-hybridized carbons (Fsp3) is 0.500. The Morgan fingerprint density at radius 2 is 1.80 bits per heavy atom. The van der Waals surface area contributed by atoms with Gasteiger partial charge in [-0.05, 0) is 55.5 Å². The molecule has 2 fully saturated rings. The van der Waals surface area contributed by atoms with E-state index in [-0.39, 0.29) is 5.41 Å². The van der Waals surface area contributed by atoms with Gasteiger partial charge in [0.15, 0.2) is 0 Å². The molecule has 4 rings (SSSR count). The van der Waals surface area contributed by atoms with Gasteiger partial charge in [0.2, 0.25) is 5.91 Å². The van der Waals surface area contributed by atoms with E-state index < -0.39 is 0 Å². The summed E-state index contributed by atoms with van der Waals surface area (Å²) in [7, 11) is 1.69. The van der Waals surface area contributed by atoms with Gasteiger partial charge in [-0.2, -0.15) is 0 Å². The molecule has 0 radical (unpaired) electrons. The Labute approximate surface area is 180 Å². The monoisotopic (exact) mass is 406 g/mol. The van der Waals surface area contributed by atoms with Crippen LogP contribution in [0.15, 0.2) is 54.6 Å².